The van der Waals surface area contributed by atoms with Crippen molar-refractivity contribution in [1.82, 2.24) is 5.32 Å². The maximum Gasteiger partial charge on any atom is 0.112 e. The number of benzene rings is 3. The number of rotatable bonds is 2. The average molecular weight is 349 g/mol. The highest BCUT2D eigenvalue weighted by molar-refractivity contribution is 6.30. The minimum atomic E-state index is -0.366. The van der Waals surface area contributed by atoms with E-state index in [1.165, 1.54) is 22.3 Å². The Kier molecular flexibility index (Phi) is 4.03. The Morgan fingerprint density at radius 3 is 2.36 bits per heavy atom. The second-order valence-electron chi connectivity index (χ2n) is 6.84. The second kappa shape index (κ2) is 6.21. The molecule has 126 valence electrons. The summed E-state index contributed by atoms with van der Waals surface area (Å²) in [5, 5.41) is 8.21. The lowest BCUT2D eigenvalue weighted by Gasteiger charge is -2.43. The molecule has 2 nitrogen and oxygen atoms in total. The van der Waals surface area contributed by atoms with E-state index in [2.05, 4.69) is 79.1 Å². The quantitative estimate of drug-likeness (QED) is 0.627. The second-order valence-corrected chi connectivity index (χ2v) is 7.27. The molecule has 0 radical (unpaired) electrons. The van der Waals surface area contributed by atoms with Crippen molar-refractivity contribution in [2.75, 3.05) is 5.32 Å². The van der Waals surface area contributed by atoms with Gasteiger partial charge in [0.2, 0.25) is 0 Å². The van der Waals surface area contributed by atoms with E-state index in [4.69, 9.17) is 11.6 Å². The lowest BCUT2D eigenvalue weighted by molar-refractivity contribution is 0.367. The van der Waals surface area contributed by atoms with E-state index in [0.29, 0.717) is 0 Å². The molecule has 0 saturated heterocycles. The largest absolute Gasteiger partial charge is 0.363 e. The molecule has 0 spiro atoms. The SMILES string of the molecule is Cc1ccc(C2(C)Nc3ccc(Cl)cc3C(c3ccccc3)N2)cc1. The van der Waals surface area contributed by atoms with Crippen molar-refractivity contribution < 1.29 is 0 Å². The minimum absolute atomic E-state index is 0.0717. The van der Waals surface area contributed by atoms with Gasteiger partial charge in [-0.25, -0.2) is 0 Å². The highest BCUT2D eigenvalue weighted by Crippen LogP contribution is 2.40. The van der Waals surface area contributed by atoms with Crippen molar-refractivity contribution in [3.63, 3.8) is 0 Å². The molecule has 0 fully saturated rings. The topological polar surface area (TPSA) is 24.1 Å². The lowest BCUT2D eigenvalue weighted by atomic mass is 9.88. The van der Waals surface area contributed by atoms with Gasteiger partial charge in [-0.15, -0.1) is 0 Å². The summed E-state index contributed by atoms with van der Waals surface area (Å²) in [5.74, 6) is 0. The van der Waals surface area contributed by atoms with Crippen molar-refractivity contribution in [1.29, 1.82) is 0 Å². The van der Waals surface area contributed by atoms with Gasteiger partial charge in [-0.1, -0.05) is 71.8 Å². The van der Waals surface area contributed by atoms with Crippen molar-refractivity contribution in [2.45, 2.75) is 25.6 Å². The van der Waals surface area contributed by atoms with E-state index in [1.807, 2.05) is 18.2 Å². The van der Waals surface area contributed by atoms with Crippen LogP contribution in [0.25, 0.3) is 0 Å². The smallest absolute Gasteiger partial charge is 0.112 e. The van der Waals surface area contributed by atoms with Gasteiger partial charge in [0, 0.05) is 10.7 Å². The van der Waals surface area contributed by atoms with Crippen molar-refractivity contribution in [3.8, 4) is 0 Å². The monoisotopic (exact) mass is 348 g/mol. The molecule has 25 heavy (non-hydrogen) atoms. The Labute approximate surface area is 153 Å². The molecular formula is C22H21ClN2. The number of nitrogens with one attached hydrogen (secondary N) is 2. The standard InChI is InChI=1S/C22H21ClN2/c1-15-8-10-17(11-9-15)22(2)24-20-13-12-18(23)14-19(20)21(25-22)16-6-4-3-5-7-16/h3-14,21,24-25H,1-2H3. The van der Waals surface area contributed by atoms with Crippen LogP contribution in [0.5, 0.6) is 0 Å². The fourth-order valence-corrected chi connectivity index (χ4v) is 3.69. The van der Waals surface area contributed by atoms with Gasteiger partial charge in [0.15, 0.2) is 0 Å². The summed E-state index contributed by atoms with van der Waals surface area (Å²) >= 11 is 6.28. The normalized spacial score (nSPS) is 22.1. The van der Waals surface area contributed by atoms with Crippen LogP contribution in [0.1, 0.15) is 35.2 Å². The predicted molar refractivity (Wildman–Crippen MR) is 105 cm³/mol. The first-order valence-electron chi connectivity index (χ1n) is 8.53. The van der Waals surface area contributed by atoms with Crippen LogP contribution >= 0.6 is 11.6 Å². The van der Waals surface area contributed by atoms with Gasteiger partial charge in [0.05, 0.1) is 6.04 Å². The van der Waals surface area contributed by atoms with Gasteiger partial charge in [-0.3, -0.25) is 5.32 Å². The Bertz CT molecular complexity index is 890. The summed E-state index contributed by atoms with van der Waals surface area (Å²) in [7, 11) is 0. The number of hydrogen-bond acceptors (Lipinski definition) is 2. The van der Waals surface area contributed by atoms with E-state index < -0.39 is 0 Å². The fourth-order valence-electron chi connectivity index (χ4n) is 3.51. The van der Waals surface area contributed by atoms with E-state index >= 15 is 0 Å². The van der Waals surface area contributed by atoms with Gasteiger partial charge in [0.1, 0.15) is 5.66 Å². The Balaban J connectivity index is 1.84. The van der Waals surface area contributed by atoms with Crippen LogP contribution in [0, 0.1) is 6.92 Å². The number of hydrogen-bond donors (Lipinski definition) is 2. The molecule has 1 aliphatic heterocycles. The fraction of sp³-hybridized carbons (Fsp3) is 0.182. The molecule has 0 aliphatic carbocycles. The predicted octanol–water partition coefficient (Wildman–Crippen LogP) is 5.63. The molecule has 3 aromatic carbocycles. The third-order valence-electron chi connectivity index (χ3n) is 4.90. The van der Waals surface area contributed by atoms with E-state index in [9.17, 15) is 0 Å². The summed E-state index contributed by atoms with van der Waals surface area (Å²) in [6.07, 6.45) is 0. The summed E-state index contributed by atoms with van der Waals surface area (Å²) in [5.41, 5.74) is 5.61. The Hall–Kier alpha value is -2.29. The molecule has 2 unspecified atom stereocenters. The molecule has 2 atom stereocenters. The van der Waals surface area contributed by atoms with E-state index in [-0.39, 0.29) is 11.7 Å². The van der Waals surface area contributed by atoms with E-state index in [0.717, 1.165) is 10.7 Å². The third-order valence-corrected chi connectivity index (χ3v) is 5.14. The van der Waals surface area contributed by atoms with Crippen LogP contribution < -0.4 is 10.6 Å². The average Bonchev–Trinajstić information content (AvgIpc) is 2.63. The summed E-state index contributed by atoms with van der Waals surface area (Å²) < 4.78 is 0. The van der Waals surface area contributed by atoms with Gasteiger partial charge in [-0.05, 0) is 48.7 Å². The summed E-state index contributed by atoms with van der Waals surface area (Å²) in [4.78, 5) is 0. The number of halogens is 1. The van der Waals surface area contributed by atoms with Crippen LogP contribution in [0.3, 0.4) is 0 Å². The zero-order chi connectivity index (χ0) is 17.4. The van der Waals surface area contributed by atoms with Gasteiger partial charge in [-0.2, -0.15) is 0 Å². The highest BCUT2D eigenvalue weighted by Gasteiger charge is 2.36. The number of fused-ring (bicyclic) bond motifs is 1. The maximum atomic E-state index is 6.28. The van der Waals surface area contributed by atoms with Crippen molar-refractivity contribution in [2.24, 2.45) is 0 Å². The Morgan fingerprint density at radius 2 is 1.64 bits per heavy atom. The zero-order valence-electron chi connectivity index (χ0n) is 14.4. The summed E-state index contributed by atoms with van der Waals surface area (Å²) in [6.45, 7) is 4.29. The van der Waals surface area contributed by atoms with Crippen LogP contribution in [-0.2, 0) is 5.66 Å². The molecule has 3 heteroatoms. The molecule has 3 aromatic rings. The van der Waals surface area contributed by atoms with Crippen LogP contribution in [0.15, 0.2) is 72.8 Å². The first-order valence-corrected chi connectivity index (χ1v) is 8.90. The number of anilines is 1. The van der Waals surface area contributed by atoms with Crippen molar-refractivity contribution in [3.05, 3.63) is 100 Å². The zero-order valence-corrected chi connectivity index (χ0v) is 15.1. The molecule has 1 aliphatic rings. The first-order chi connectivity index (χ1) is 12.0. The molecule has 4 rings (SSSR count). The maximum absolute atomic E-state index is 6.28. The summed E-state index contributed by atoms with van der Waals surface area (Å²) in [6, 6.07) is 25.3. The molecule has 1 heterocycles. The van der Waals surface area contributed by atoms with Crippen LogP contribution in [-0.4, -0.2) is 0 Å². The highest BCUT2D eigenvalue weighted by atomic mass is 35.5. The van der Waals surface area contributed by atoms with Gasteiger partial charge >= 0.3 is 0 Å². The molecule has 0 amide bonds. The van der Waals surface area contributed by atoms with Crippen LogP contribution in [0.4, 0.5) is 5.69 Å². The molecule has 2 N–H and O–H groups in total. The first kappa shape index (κ1) is 16.2. The van der Waals surface area contributed by atoms with Gasteiger partial charge < -0.3 is 5.32 Å². The molecule has 0 aromatic heterocycles. The Morgan fingerprint density at radius 1 is 0.920 bits per heavy atom. The number of aryl methyl sites for hydroxylation is 1. The van der Waals surface area contributed by atoms with Gasteiger partial charge in [0.25, 0.3) is 0 Å². The lowest BCUT2D eigenvalue weighted by Crippen LogP contribution is -2.51. The van der Waals surface area contributed by atoms with Crippen molar-refractivity contribution >= 4 is 17.3 Å². The molecular weight excluding hydrogens is 328 g/mol. The molecule has 0 saturated carbocycles. The third kappa shape index (κ3) is 3.04. The molecule has 0 bridgehead atoms. The van der Waals surface area contributed by atoms with E-state index in [1.54, 1.807) is 0 Å². The minimum Gasteiger partial charge on any atom is -0.363 e. The van der Waals surface area contributed by atoms with Crippen LogP contribution in [0.2, 0.25) is 5.02 Å².